The molecule has 3 aliphatic rings. The van der Waals surface area contributed by atoms with Crippen LogP contribution in [0.15, 0.2) is 66.2 Å². The van der Waals surface area contributed by atoms with Crippen LogP contribution in [0.25, 0.3) is 11.3 Å². The van der Waals surface area contributed by atoms with Gasteiger partial charge in [0.05, 0.1) is 48.5 Å². The number of aromatic nitrogens is 3. The highest BCUT2D eigenvalue weighted by Gasteiger charge is 2.34. The van der Waals surface area contributed by atoms with Crippen molar-refractivity contribution < 1.29 is 23.8 Å². The molecule has 288 valence electrons. The van der Waals surface area contributed by atoms with Gasteiger partial charge in [0.1, 0.15) is 11.6 Å². The van der Waals surface area contributed by atoms with Gasteiger partial charge in [-0.2, -0.15) is 0 Å². The van der Waals surface area contributed by atoms with Crippen LogP contribution in [0.4, 0.5) is 33.1 Å². The maximum atomic E-state index is 15.5. The van der Waals surface area contributed by atoms with Gasteiger partial charge in [0.2, 0.25) is 5.91 Å². The number of piperazine rings is 1. The molecule has 2 amide bonds. The summed E-state index contributed by atoms with van der Waals surface area (Å²) in [7, 11) is 1.59. The fourth-order valence-electron chi connectivity index (χ4n) is 7.53. The van der Waals surface area contributed by atoms with E-state index in [0.29, 0.717) is 46.2 Å². The van der Waals surface area contributed by atoms with Crippen molar-refractivity contribution in [1.29, 1.82) is 0 Å². The first-order valence-corrected chi connectivity index (χ1v) is 18.5. The standard InChI is InChI=1S/C41H47FN8O5/c1-7-35(52)45-32-18-27(8-9-34(32)49-15-14-48(19-24(49)2)28-22-55-23-28)44-37-40(54)47(6)20-33(46-37)29-10-12-43-38(30(29)21-51)50-13-11-25-16-26(41(3,4)5)17-31(42)36(25)39(50)53/h7-10,12,16-18,20,24,28,51H,1,11,13-15,19,21-23H2,2-6H3,(H,44,46)(H,45,52). The summed E-state index contributed by atoms with van der Waals surface area (Å²) < 4.78 is 22.3. The number of aliphatic hydroxyl groups excluding tert-OH is 1. The fraction of sp³-hybridized carbons (Fsp3) is 0.390. The number of nitrogens with one attached hydrogen (secondary N) is 2. The summed E-state index contributed by atoms with van der Waals surface area (Å²) >= 11 is 0. The van der Waals surface area contributed by atoms with Crippen LogP contribution in [0, 0.1) is 5.82 Å². The molecule has 2 aromatic heterocycles. The molecule has 0 saturated carbocycles. The van der Waals surface area contributed by atoms with Gasteiger partial charge in [-0.25, -0.2) is 14.4 Å². The van der Waals surface area contributed by atoms with E-state index in [4.69, 9.17) is 4.74 Å². The molecule has 55 heavy (non-hydrogen) atoms. The molecular formula is C41H47FN8O5. The fourth-order valence-corrected chi connectivity index (χ4v) is 7.53. The molecule has 0 aliphatic carbocycles. The zero-order valence-electron chi connectivity index (χ0n) is 31.9. The molecule has 0 spiro atoms. The van der Waals surface area contributed by atoms with Crippen LogP contribution in [0.1, 0.15) is 54.7 Å². The first-order chi connectivity index (χ1) is 26.3. The molecule has 2 saturated heterocycles. The number of benzene rings is 2. The van der Waals surface area contributed by atoms with E-state index in [9.17, 15) is 19.5 Å². The van der Waals surface area contributed by atoms with Gasteiger partial charge in [-0.15, -0.1) is 0 Å². The van der Waals surface area contributed by atoms with Crippen LogP contribution in [0.5, 0.6) is 0 Å². The molecule has 0 radical (unpaired) electrons. The van der Waals surface area contributed by atoms with Gasteiger partial charge in [0, 0.05) is 68.5 Å². The summed E-state index contributed by atoms with van der Waals surface area (Å²) in [6.07, 6.45) is 4.66. The Morgan fingerprint density at radius 2 is 1.91 bits per heavy atom. The van der Waals surface area contributed by atoms with E-state index in [2.05, 4.69) is 43.9 Å². The number of aryl methyl sites for hydroxylation is 1. The zero-order valence-corrected chi connectivity index (χ0v) is 31.9. The average Bonchev–Trinajstić information content (AvgIpc) is 3.12. The van der Waals surface area contributed by atoms with Crippen molar-refractivity contribution in [2.45, 2.75) is 58.2 Å². The van der Waals surface area contributed by atoms with Gasteiger partial charge in [0.15, 0.2) is 5.82 Å². The number of carbonyl (C=O) groups excluding carboxylic acids is 2. The van der Waals surface area contributed by atoms with Crippen molar-refractivity contribution in [1.82, 2.24) is 19.4 Å². The number of hydrogen-bond donors (Lipinski definition) is 3. The van der Waals surface area contributed by atoms with E-state index >= 15 is 4.39 Å². The largest absolute Gasteiger partial charge is 0.392 e. The molecule has 5 heterocycles. The van der Waals surface area contributed by atoms with Crippen LogP contribution in [0.3, 0.4) is 0 Å². The molecule has 14 heteroatoms. The maximum Gasteiger partial charge on any atom is 0.293 e. The summed E-state index contributed by atoms with van der Waals surface area (Å²) in [5, 5.41) is 16.8. The minimum Gasteiger partial charge on any atom is -0.392 e. The van der Waals surface area contributed by atoms with Gasteiger partial charge < -0.3 is 29.9 Å². The number of halogens is 1. The predicted octanol–water partition coefficient (Wildman–Crippen LogP) is 4.75. The van der Waals surface area contributed by atoms with Crippen LogP contribution in [-0.4, -0.2) is 87.8 Å². The lowest BCUT2D eigenvalue weighted by molar-refractivity contribution is -0.111. The summed E-state index contributed by atoms with van der Waals surface area (Å²) in [5.74, 6) is -1.31. The lowest BCUT2D eigenvalue weighted by Crippen LogP contribution is -2.59. The lowest BCUT2D eigenvalue weighted by Gasteiger charge is -2.46. The van der Waals surface area contributed by atoms with Gasteiger partial charge in [-0.1, -0.05) is 33.4 Å². The molecular weight excluding hydrogens is 704 g/mol. The first-order valence-electron chi connectivity index (χ1n) is 18.5. The molecule has 1 atom stereocenters. The molecule has 0 bridgehead atoms. The number of ether oxygens (including phenoxy) is 1. The van der Waals surface area contributed by atoms with Crippen molar-refractivity contribution in [3.8, 4) is 11.3 Å². The number of aliphatic hydroxyl groups is 1. The minimum absolute atomic E-state index is 0.000369. The van der Waals surface area contributed by atoms with E-state index in [0.717, 1.165) is 44.1 Å². The van der Waals surface area contributed by atoms with Crippen molar-refractivity contribution in [3.05, 3.63) is 99.9 Å². The Balaban J connectivity index is 1.19. The van der Waals surface area contributed by atoms with Crippen molar-refractivity contribution in [3.63, 3.8) is 0 Å². The Morgan fingerprint density at radius 1 is 1.13 bits per heavy atom. The van der Waals surface area contributed by atoms with E-state index in [-0.39, 0.29) is 41.1 Å². The normalized spacial score (nSPS) is 17.8. The number of amides is 2. The number of pyridine rings is 1. The number of hydrogen-bond acceptors (Lipinski definition) is 10. The summed E-state index contributed by atoms with van der Waals surface area (Å²) in [5.41, 5.74) is 3.73. The predicted molar refractivity (Wildman–Crippen MR) is 211 cm³/mol. The van der Waals surface area contributed by atoms with Crippen LogP contribution >= 0.6 is 0 Å². The number of rotatable bonds is 9. The lowest BCUT2D eigenvalue weighted by atomic mass is 9.83. The topological polar surface area (TPSA) is 145 Å². The minimum atomic E-state index is -0.592. The molecule has 4 aromatic rings. The highest BCUT2D eigenvalue weighted by Crippen LogP contribution is 2.36. The Bertz CT molecular complexity index is 2230. The monoisotopic (exact) mass is 750 g/mol. The Morgan fingerprint density at radius 3 is 2.58 bits per heavy atom. The van der Waals surface area contributed by atoms with Gasteiger partial charge >= 0.3 is 0 Å². The number of fused-ring (bicyclic) bond motifs is 1. The molecule has 3 aliphatic heterocycles. The third-order valence-corrected chi connectivity index (χ3v) is 10.7. The van der Waals surface area contributed by atoms with Crippen molar-refractivity contribution in [2.75, 3.05) is 59.8 Å². The molecule has 2 aromatic carbocycles. The summed E-state index contributed by atoms with van der Waals surface area (Å²) in [6.45, 7) is 15.5. The molecule has 2 fully saturated rings. The first kappa shape index (κ1) is 37.9. The molecule has 7 rings (SSSR count). The van der Waals surface area contributed by atoms with E-state index < -0.39 is 23.9 Å². The van der Waals surface area contributed by atoms with E-state index in [1.807, 2.05) is 39.0 Å². The van der Waals surface area contributed by atoms with Crippen molar-refractivity contribution >= 4 is 40.5 Å². The SMILES string of the molecule is C=CC(=O)Nc1cc(Nc2nc(-c3ccnc(N4CCc5cc(C(C)(C)C)cc(F)c5C4=O)c3CO)cn(C)c2=O)ccc1N1CCN(C2COC2)CC1C. The molecule has 13 nitrogen and oxygen atoms in total. The van der Waals surface area contributed by atoms with Crippen LogP contribution < -0.4 is 26.0 Å². The number of carbonyl (C=O) groups is 2. The summed E-state index contributed by atoms with van der Waals surface area (Å²) in [4.78, 5) is 55.1. The highest BCUT2D eigenvalue weighted by atomic mass is 19.1. The molecule has 1 unspecified atom stereocenters. The van der Waals surface area contributed by atoms with Gasteiger partial charge in [-0.05, 0) is 66.3 Å². The zero-order chi connectivity index (χ0) is 39.2. The second-order valence-electron chi connectivity index (χ2n) is 15.4. The second kappa shape index (κ2) is 15.0. The summed E-state index contributed by atoms with van der Waals surface area (Å²) in [6, 6.07) is 11.1. The van der Waals surface area contributed by atoms with Gasteiger partial charge in [-0.3, -0.25) is 24.2 Å². The number of anilines is 5. The Hall–Kier alpha value is -5.44. The smallest absolute Gasteiger partial charge is 0.293 e. The third-order valence-electron chi connectivity index (χ3n) is 10.7. The highest BCUT2D eigenvalue weighted by molar-refractivity contribution is 6.08. The Kier molecular flexibility index (Phi) is 10.3. The third kappa shape index (κ3) is 7.36. The quantitative estimate of drug-likeness (QED) is 0.205. The maximum absolute atomic E-state index is 15.5. The number of nitrogens with zero attached hydrogens (tertiary/aromatic N) is 6. The Labute approximate surface area is 319 Å². The van der Waals surface area contributed by atoms with Crippen LogP contribution in [-0.2, 0) is 35.0 Å². The average molecular weight is 751 g/mol. The van der Waals surface area contributed by atoms with E-state index in [1.165, 1.54) is 27.8 Å². The van der Waals surface area contributed by atoms with Crippen molar-refractivity contribution in [2.24, 2.45) is 7.05 Å². The second-order valence-corrected chi connectivity index (χ2v) is 15.4. The van der Waals surface area contributed by atoms with Gasteiger partial charge in [0.25, 0.3) is 11.5 Å². The van der Waals surface area contributed by atoms with Crippen LogP contribution in [0.2, 0.25) is 0 Å². The van der Waals surface area contributed by atoms with E-state index in [1.54, 1.807) is 25.4 Å². The molecule has 3 N–H and O–H groups in total.